The Morgan fingerprint density at radius 2 is 1.50 bits per heavy atom. The molecule has 0 aliphatic heterocycles. The summed E-state index contributed by atoms with van der Waals surface area (Å²) in [5, 5.41) is 9.33. The molecular weight excluding hydrogens is 354 g/mol. The summed E-state index contributed by atoms with van der Waals surface area (Å²) in [5.41, 5.74) is 12.1. The van der Waals surface area contributed by atoms with E-state index in [9.17, 15) is 4.79 Å². The molecule has 0 amide bonds. The first-order valence-corrected chi connectivity index (χ1v) is 9.10. The summed E-state index contributed by atoms with van der Waals surface area (Å²) in [7, 11) is 0. The molecule has 3 aromatic carbocycles. The average Bonchev–Trinajstić information content (AvgIpc) is 2.71. The van der Waals surface area contributed by atoms with Gasteiger partial charge in [-0.1, -0.05) is 18.2 Å². The van der Waals surface area contributed by atoms with E-state index < -0.39 is 5.97 Å². The Hall–Kier alpha value is -3.38. The molecule has 0 saturated heterocycles. The Bertz CT molecular complexity index is 984. The average molecular weight is 377 g/mol. The smallest absolute Gasteiger partial charge is 0.343 e. The standard InChI is InChI=1S/C22H23N3O3/c23-11-1-2-12-27-19-8-5-15(6-9-19)22(26)28-20-10-7-16-13-18(21(24)25)4-3-17(16)14-20/h3-10,13-14H,1-2,11-12,23H2,(H3,24,25). The fourth-order valence-electron chi connectivity index (χ4n) is 2.74. The van der Waals surface area contributed by atoms with Crippen molar-refractivity contribution in [2.24, 2.45) is 11.5 Å². The van der Waals surface area contributed by atoms with E-state index in [4.69, 9.17) is 26.4 Å². The van der Waals surface area contributed by atoms with Crippen LogP contribution >= 0.6 is 0 Å². The fourth-order valence-corrected chi connectivity index (χ4v) is 2.74. The lowest BCUT2D eigenvalue weighted by atomic mass is 10.1. The van der Waals surface area contributed by atoms with E-state index in [2.05, 4.69) is 0 Å². The molecule has 0 aromatic heterocycles. The number of rotatable bonds is 8. The predicted molar refractivity (Wildman–Crippen MR) is 110 cm³/mol. The Kier molecular flexibility index (Phi) is 6.24. The fraction of sp³-hybridized carbons (Fsp3) is 0.182. The van der Waals surface area contributed by atoms with E-state index in [0.717, 1.165) is 23.6 Å². The van der Waals surface area contributed by atoms with Crippen molar-refractivity contribution in [3.05, 3.63) is 71.8 Å². The van der Waals surface area contributed by atoms with Crippen molar-refractivity contribution in [3.63, 3.8) is 0 Å². The molecule has 28 heavy (non-hydrogen) atoms. The zero-order chi connectivity index (χ0) is 19.9. The van der Waals surface area contributed by atoms with Crippen LogP contribution in [0.1, 0.15) is 28.8 Å². The summed E-state index contributed by atoms with van der Waals surface area (Å²) >= 11 is 0. The van der Waals surface area contributed by atoms with Gasteiger partial charge in [0.15, 0.2) is 0 Å². The summed E-state index contributed by atoms with van der Waals surface area (Å²) < 4.78 is 11.1. The van der Waals surface area contributed by atoms with Gasteiger partial charge in [-0.3, -0.25) is 5.41 Å². The molecular formula is C22H23N3O3. The molecule has 0 atom stereocenters. The molecule has 6 nitrogen and oxygen atoms in total. The van der Waals surface area contributed by atoms with Gasteiger partial charge in [0, 0.05) is 5.56 Å². The Labute approximate surface area is 163 Å². The van der Waals surface area contributed by atoms with Crippen molar-refractivity contribution in [1.82, 2.24) is 0 Å². The first kappa shape index (κ1) is 19.4. The molecule has 0 bridgehead atoms. The van der Waals surface area contributed by atoms with Gasteiger partial charge in [-0.15, -0.1) is 0 Å². The lowest BCUT2D eigenvalue weighted by Crippen LogP contribution is -2.10. The van der Waals surface area contributed by atoms with Crippen LogP contribution in [0, 0.1) is 5.41 Å². The zero-order valence-electron chi connectivity index (χ0n) is 15.5. The van der Waals surface area contributed by atoms with Gasteiger partial charge in [0.05, 0.1) is 12.2 Å². The lowest BCUT2D eigenvalue weighted by molar-refractivity contribution is 0.0735. The Balaban J connectivity index is 1.65. The summed E-state index contributed by atoms with van der Waals surface area (Å²) in [5.74, 6) is 0.745. The monoisotopic (exact) mass is 377 g/mol. The number of fused-ring (bicyclic) bond motifs is 1. The second-order valence-corrected chi connectivity index (χ2v) is 6.40. The number of carbonyl (C=O) groups excluding carboxylic acids is 1. The summed E-state index contributed by atoms with van der Waals surface area (Å²) in [6.07, 6.45) is 1.82. The molecule has 0 heterocycles. The van der Waals surface area contributed by atoms with Crippen molar-refractivity contribution in [2.75, 3.05) is 13.2 Å². The van der Waals surface area contributed by atoms with Crippen LogP contribution < -0.4 is 20.9 Å². The van der Waals surface area contributed by atoms with E-state index >= 15 is 0 Å². The van der Waals surface area contributed by atoms with E-state index in [-0.39, 0.29) is 5.84 Å². The minimum Gasteiger partial charge on any atom is -0.494 e. The van der Waals surface area contributed by atoms with Crippen LogP contribution in [0.3, 0.4) is 0 Å². The molecule has 0 unspecified atom stereocenters. The van der Waals surface area contributed by atoms with Crippen LogP contribution in [0.4, 0.5) is 0 Å². The zero-order valence-corrected chi connectivity index (χ0v) is 15.5. The van der Waals surface area contributed by atoms with Crippen LogP contribution in [0.2, 0.25) is 0 Å². The maximum atomic E-state index is 12.4. The number of nitrogen functional groups attached to an aromatic ring is 1. The highest BCUT2D eigenvalue weighted by Gasteiger charge is 2.10. The Morgan fingerprint density at radius 3 is 2.21 bits per heavy atom. The number of amidine groups is 1. The number of esters is 1. The van der Waals surface area contributed by atoms with Crippen molar-refractivity contribution < 1.29 is 14.3 Å². The third kappa shape index (κ3) is 4.86. The molecule has 3 rings (SSSR count). The van der Waals surface area contributed by atoms with Gasteiger partial charge in [-0.05, 0) is 72.6 Å². The number of hydrogen-bond acceptors (Lipinski definition) is 5. The van der Waals surface area contributed by atoms with E-state index in [1.165, 1.54) is 0 Å². The van der Waals surface area contributed by atoms with Crippen LogP contribution in [0.15, 0.2) is 60.7 Å². The van der Waals surface area contributed by atoms with Crippen molar-refractivity contribution >= 4 is 22.6 Å². The number of unbranched alkanes of at least 4 members (excludes halogenated alkanes) is 1. The van der Waals surface area contributed by atoms with Crippen molar-refractivity contribution in [1.29, 1.82) is 5.41 Å². The van der Waals surface area contributed by atoms with Gasteiger partial charge in [0.2, 0.25) is 0 Å². The highest BCUT2D eigenvalue weighted by Crippen LogP contribution is 2.23. The second-order valence-electron chi connectivity index (χ2n) is 6.40. The molecule has 0 saturated carbocycles. The van der Waals surface area contributed by atoms with Gasteiger partial charge in [-0.2, -0.15) is 0 Å². The summed E-state index contributed by atoms with van der Waals surface area (Å²) in [6.45, 7) is 1.25. The quantitative estimate of drug-likeness (QED) is 0.183. The van der Waals surface area contributed by atoms with Crippen molar-refractivity contribution in [3.8, 4) is 11.5 Å². The first-order valence-electron chi connectivity index (χ1n) is 9.10. The van der Waals surface area contributed by atoms with Crippen LogP contribution in [-0.4, -0.2) is 25.0 Å². The number of ether oxygens (including phenoxy) is 2. The second kappa shape index (κ2) is 9.01. The molecule has 0 radical (unpaired) electrons. The molecule has 0 aliphatic rings. The van der Waals surface area contributed by atoms with Crippen LogP contribution in [0.5, 0.6) is 11.5 Å². The molecule has 0 fully saturated rings. The lowest BCUT2D eigenvalue weighted by Gasteiger charge is -2.08. The van der Waals surface area contributed by atoms with E-state index in [0.29, 0.717) is 35.8 Å². The molecule has 144 valence electrons. The molecule has 5 N–H and O–H groups in total. The Morgan fingerprint density at radius 1 is 0.857 bits per heavy atom. The van der Waals surface area contributed by atoms with Gasteiger partial charge in [0.1, 0.15) is 17.3 Å². The van der Waals surface area contributed by atoms with Gasteiger partial charge in [0.25, 0.3) is 0 Å². The third-order valence-electron chi connectivity index (χ3n) is 4.29. The van der Waals surface area contributed by atoms with Crippen LogP contribution in [-0.2, 0) is 0 Å². The minimum atomic E-state index is -0.436. The molecule has 3 aromatic rings. The first-order chi connectivity index (χ1) is 13.6. The van der Waals surface area contributed by atoms with Gasteiger partial charge < -0.3 is 20.9 Å². The number of nitrogens with one attached hydrogen (secondary N) is 1. The summed E-state index contributed by atoms with van der Waals surface area (Å²) in [6, 6.07) is 17.7. The third-order valence-corrected chi connectivity index (χ3v) is 4.29. The van der Waals surface area contributed by atoms with Gasteiger partial charge >= 0.3 is 5.97 Å². The SMILES string of the molecule is N=C(N)c1ccc2cc(OC(=O)c3ccc(OCCCCN)cc3)ccc2c1. The number of benzene rings is 3. The van der Waals surface area contributed by atoms with Gasteiger partial charge in [-0.25, -0.2) is 4.79 Å². The topological polar surface area (TPSA) is 111 Å². The molecule has 0 spiro atoms. The van der Waals surface area contributed by atoms with E-state index in [1.54, 1.807) is 42.5 Å². The molecule has 6 heteroatoms. The maximum Gasteiger partial charge on any atom is 0.343 e. The number of carbonyl (C=O) groups is 1. The normalized spacial score (nSPS) is 10.6. The van der Waals surface area contributed by atoms with E-state index in [1.807, 2.05) is 18.2 Å². The summed E-state index contributed by atoms with van der Waals surface area (Å²) in [4.78, 5) is 12.4. The molecule has 0 aliphatic carbocycles. The number of nitrogens with two attached hydrogens (primary N) is 2. The maximum absolute atomic E-state index is 12.4. The van der Waals surface area contributed by atoms with Crippen LogP contribution in [0.25, 0.3) is 10.8 Å². The van der Waals surface area contributed by atoms with Crippen molar-refractivity contribution in [2.45, 2.75) is 12.8 Å². The predicted octanol–water partition coefficient (Wildman–Crippen LogP) is 3.46. The largest absolute Gasteiger partial charge is 0.494 e. The highest BCUT2D eigenvalue weighted by molar-refractivity contribution is 5.99. The highest BCUT2D eigenvalue weighted by atomic mass is 16.5. The number of hydrogen-bond donors (Lipinski definition) is 3. The minimum absolute atomic E-state index is 0.0178.